The van der Waals surface area contributed by atoms with Gasteiger partial charge in [0.15, 0.2) is 0 Å². The monoisotopic (exact) mass is 453 g/mol. The molecule has 2 aliphatic heterocycles. The molecule has 0 unspecified atom stereocenters. The van der Waals surface area contributed by atoms with Gasteiger partial charge in [0.2, 0.25) is 5.91 Å². The van der Waals surface area contributed by atoms with Crippen LogP contribution in [0.5, 0.6) is 0 Å². The van der Waals surface area contributed by atoms with E-state index in [1.807, 2.05) is 0 Å². The standard InChI is InChI=1S/C22H20F5N3O2/c23-17-4-2-1-3-15(17)13-30-19(31)12-28-21(30)7-9-29(10-8-21)20(32)14-5-6-16(18(24)11-14)22(25,26)27/h1-6,11,28H,7-10,12-13H2. The van der Waals surface area contributed by atoms with Crippen molar-refractivity contribution in [3.63, 3.8) is 0 Å². The largest absolute Gasteiger partial charge is 0.419 e. The van der Waals surface area contributed by atoms with Gasteiger partial charge in [0, 0.05) is 37.1 Å². The summed E-state index contributed by atoms with van der Waals surface area (Å²) >= 11 is 0. The highest BCUT2D eigenvalue weighted by Gasteiger charge is 2.47. The molecule has 0 aliphatic carbocycles. The van der Waals surface area contributed by atoms with Gasteiger partial charge in [-0.3, -0.25) is 14.9 Å². The molecule has 0 atom stereocenters. The summed E-state index contributed by atoms with van der Waals surface area (Å²) in [5, 5.41) is 3.17. The number of likely N-dealkylation sites (tertiary alicyclic amines) is 1. The first-order chi connectivity index (χ1) is 15.1. The Morgan fingerprint density at radius 3 is 2.34 bits per heavy atom. The fourth-order valence-corrected chi connectivity index (χ4v) is 4.29. The van der Waals surface area contributed by atoms with Crippen LogP contribution in [0.15, 0.2) is 42.5 Å². The van der Waals surface area contributed by atoms with E-state index in [0.29, 0.717) is 30.5 Å². The number of nitrogens with zero attached hydrogens (tertiary/aromatic N) is 2. The summed E-state index contributed by atoms with van der Waals surface area (Å²) in [6.07, 6.45) is -4.14. The van der Waals surface area contributed by atoms with E-state index in [1.165, 1.54) is 11.0 Å². The van der Waals surface area contributed by atoms with E-state index in [2.05, 4.69) is 5.32 Å². The first-order valence-corrected chi connectivity index (χ1v) is 10.1. The second-order valence-electron chi connectivity index (χ2n) is 7.94. The number of rotatable bonds is 3. The number of hydrogen-bond donors (Lipinski definition) is 1. The van der Waals surface area contributed by atoms with Crippen molar-refractivity contribution in [2.75, 3.05) is 19.6 Å². The van der Waals surface area contributed by atoms with Crippen LogP contribution in [0.2, 0.25) is 0 Å². The number of benzene rings is 2. The molecule has 0 bridgehead atoms. The van der Waals surface area contributed by atoms with Crippen molar-refractivity contribution in [3.05, 3.63) is 70.8 Å². The Labute approximate surface area is 180 Å². The van der Waals surface area contributed by atoms with Crippen LogP contribution < -0.4 is 5.32 Å². The van der Waals surface area contributed by atoms with Gasteiger partial charge in [-0.05, 0) is 24.3 Å². The van der Waals surface area contributed by atoms with Crippen molar-refractivity contribution in [3.8, 4) is 0 Å². The highest BCUT2D eigenvalue weighted by atomic mass is 19.4. The van der Waals surface area contributed by atoms with Gasteiger partial charge in [-0.2, -0.15) is 13.2 Å². The van der Waals surface area contributed by atoms with E-state index in [9.17, 15) is 31.5 Å². The van der Waals surface area contributed by atoms with E-state index in [0.717, 1.165) is 6.07 Å². The molecule has 170 valence electrons. The lowest BCUT2D eigenvalue weighted by molar-refractivity contribution is -0.140. The lowest BCUT2D eigenvalue weighted by Crippen LogP contribution is -2.59. The van der Waals surface area contributed by atoms with Gasteiger partial charge in [-0.25, -0.2) is 8.78 Å². The van der Waals surface area contributed by atoms with Crippen molar-refractivity contribution >= 4 is 11.8 Å². The van der Waals surface area contributed by atoms with Crippen molar-refractivity contribution in [1.29, 1.82) is 0 Å². The summed E-state index contributed by atoms with van der Waals surface area (Å²) in [5.74, 6) is -2.69. The summed E-state index contributed by atoms with van der Waals surface area (Å²) in [5.41, 5.74) is -1.97. The van der Waals surface area contributed by atoms with Crippen LogP contribution in [0, 0.1) is 11.6 Å². The van der Waals surface area contributed by atoms with Crippen molar-refractivity contribution in [2.45, 2.75) is 31.2 Å². The van der Waals surface area contributed by atoms with E-state index >= 15 is 0 Å². The van der Waals surface area contributed by atoms with Crippen LogP contribution in [0.25, 0.3) is 0 Å². The molecule has 10 heteroatoms. The van der Waals surface area contributed by atoms with Crippen molar-refractivity contribution in [2.24, 2.45) is 0 Å². The van der Waals surface area contributed by atoms with Gasteiger partial charge in [0.25, 0.3) is 5.91 Å². The zero-order valence-electron chi connectivity index (χ0n) is 16.9. The molecular formula is C22H20F5N3O2. The van der Waals surface area contributed by atoms with E-state index in [1.54, 1.807) is 23.1 Å². The Balaban J connectivity index is 1.47. The van der Waals surface area contributed by atoms with Crippen LogP contribution in [-0.2, 0) is 17.5 Å². The van der Waals surface area contributed by atoms with Crippen LogP contribution in [0.3, 0.4) is 0 Å². The van der Waals surface area contributed by atoms with E-state index < -0.39 is 34.9 Å². The van der Waals surface area contributed by atoms with Gasteiger partial charge < -0.3 is 9.80 Å². The number of carbonyl (C=O) groups is 2. The molecule has 0 radical (unpaired) electrons. The number of amides is 2. The highest BCUT2D eigenvalue weighted by molar-refractivity contribution is 5.94. The second-order valence-corrected chi connectivity index (χ2v) is 7.94. The summed E-state index contributed by atoms with van der Waals surface area (Å²) in [7, 11) is 0. The van der Waals surface area contributed by atoms with Gasteiger partial charge in [0.1, 0.15) is 11.6 Å². The SMILES string of the molecule is O=C(c1ccc(C(F)(F)F)c(F)c1)N1CCC2(CC1)NCC(=O)N2Cc1ccccc1F. The predicted octanol–water partition coefficient (Wildman–Crippen LogP) is 3.55. The molecule has 2 amide bonds. The molecule has 1 spiro atoms. The second kappa shape index (κ2) is 8.16. The molecule has 1 N–H and O–H groups in total. The summed E-state index contributed by atoms with van der Waals surface area (Å²) in [6, 6.07) is 8.28. The fourth-order valence-electron chi connectivity index (χ4n) is 4.29. The smallest absolute Gasteiger partial charge is 0.338 e. The molecule has 2 aliphatic rings. The zero-order chi connectivity index (χ0) is 23.1. The minimum Gasteiger partial charge on any atom is -0.338 e. The van der Waals surface area contributed by atoms with Crippen molar-refractivity contribution in [1.82, 2.24) is 15.1 Å². The van der Waals surface area contributed by atoms with Gasteiger partial charge in [0.05, 0.1) is 24.3 Å². The van der Waals surface area contributed by atoms with Crippen LogP contribution in [-0.4, -0.2) is 46.9 Å². The molecule has 2 heterocycles. The Hall–Kier alpha value is -3.01. The average Bonchev–Trinajstić information content (AvgIpc) is 3.04. The molecule has 0 aromatic heterocycles. The molecule has 2 aromatic carbocycles. The summed E-state index contributed by atoms with van der Waals surface area (Å²) < 4.78 is 66.2. The molecule has 2 fully saturated rings. The number of nitrogens with one attached hydrogen (secondary N) is 1. The summed E-state index contributed by atoms with van der Waals surface area (Å²) in [4.78, 5) is 28.2. The normalized spacial score (nSPS) is 18.5. The third kappa shape index (κ3) is 4.06. The maximum atomic E-state index is 14.1. The molecule has 32 heavy (non-hydrogen) atoms. The van der Waals surface area contributed by atoms with Crippen molar-refractivity contribution < 1.29 is 31.5 Å². The number of alkyl halides is 3. The minimum atomic E-state index is -4.84. The Kier molecular flexibility index (Phi) is 5.66. The highest BCUT2D eigenvalue weighted by Crippen LogP contribution is 2.34. The Morgan fingerprint density at radius 2 is 1.72 bits per heavy atom. The quantitative estimate of drug-likeness (QED) is 0.724. The Bertz CT molecular complexity index is 1050. The number of hydrogen-bond acceptors (Lipinski definition) is 3. The zero-order valence-corrected chi connectivity index (χ0v) is 16.9. The molecule has 2 saturated heterocycles. The van der Waals surface area contributed by atoms with Gasteiger partial charge in [-0.1, -0.05) is 18.2 Å². The third-order valence-electron chi connectivity index (χ3n) is 6.07. The van der Waals surface area contributed by atoms with Crippen LogP contribution in [0.1, 0.15) is 34.3 Å². The van der Waals surface area contributed by atoms with Gasteiger partial charge >= 0.3 is 6.18 Å². The molecule has 5 nitrogen and oxygen atoms in total. The number of piperidine rings is 1. The van der Waals surface area contributed by atoms with Crippen LogP contribution >= 0.6 is 0 Å². The third-order valence-corrected chi connectivity index (χ3v) is 6.07. The lowest BCUT2D eigenvalue weighted by atomic mass is 9.94. The maximum absolute atomic E-state index is 14.1. The topological polar surface area (TPSA) is 52.7 Å². The molecular weight excluding hydrogens is 433 g/mol. The number of halogens is 5. The average molecular weight is 453 g/mol. The maximum Gasteiger partial charge on any atom is 0.419 e. The van der Waals surface area contributed by atoms with E-state index in [4.69, 9.17) is 0 Å². The van der Waals surface area contributed by atoms with E-state index in [-0.39, 0.29) is 37.6 Å². The number of carbonyl (C=O) groups excluding carboxylic acids is 2. The van der Waals surface area contributed by atoms with Gasteiger partial charge in [-0.15, -0.1) is 0 Å². The summed E-state index contributed by atoms with van der Waals surface area (Å²) in [6.45, 7) is 0.578. The molecule has 0 saturated carbocycles. The molecule has 4 rings (SSSR count). The molecule has 2 aromatic rings. The lowest BCUT2D eigenvalue weighted by Gasteiger charge is -2.44. The Morgan fingerprint density at radius 1 is 1.03 bits per heavy atom. The van der Waals surface area contributed by atoms with Crippen LogP contribution in [0.4, 0.5) is 22.0 Å². The first-order valence-electron chi connectivity index (χ1n) is 10.1. The fraction of sp³-hybridized carbons (Fsp3) is 0.364. The predicted molar refractivity (Wildman–Crippen MR) is 104 cm³/mol. The minimum absolute atomic E-state index is 0.0799. The first kappa shape index (κ1) is 22.2.